The molecule has 2 aromatic carbocycles. The lowest BCUT2D eigenvalue weighted by Crippen LogP contribution is -2.54. The Morgan fingerprint density at radius 1 is 1.03 bits per heavy atom. The van der Waals surface area contributed by atoms with Crippen molar-refractivity contribution in [2.45, 2.75) is 20.0 Å². The lowest BCUT2D eigenvalue weighted by molar-refractivity contribution is -0.142. The molecule has 7 nitrogen and oxygen atoms in total. The summed E-state index contributed by atoms with van der Waals surface area (Å²) < 4.78 is 17.2. The molecule has 1 atom stereocenters. The van der Waals surface area contributed by atoms with Gasteiger partial charge in [-0.3, -0.25) is 9.59 Å². The summed E-state index contributed by atoms with van der Waals surface area (Å²) in [5.41, 5.74) is 2.61. The van der Waals surface area contributed by atoms with Crippen LogP contribution in [0.2, 0.25) is 0 Å². The van der Waals surface area contributed by atoms with Gasteiger partial charge in [-0.05, 0) is 37.1 Å². The van der Waals surface area contributed by atoms with E-state index in [1.807, 2.05) is 50.2 Å². The molecule has 2 heterocycles. The molecule has 0 spiro atoms. The Morgan fingerprint density at radius 3 is 2.47 bits per heavy atom. The zero-order chi connectivity index (χ0) is 21.1. The largest absolute Gasteiger partial charge is 0.483 e. The molecule has 0 N–H and O–H groups in total. The van der Waals surface area contributed by atoms with Gasteiger partial charge in [-0.1, -0.05) is 30.3 Å². The van der Waals surface area contributed by atoms with Crippen LogP contribution in [0.5, 0.6) is 11.5 Å². The van der Waals surface area contributed by atoms with Crippen molar-refractivity contribution in [2.24, 2.45) is 0 Å². The summed E-state index contributed by atoms with van der Waals surface area (Å²) in [6.45, 7) is 6.04. The minimum absolute atomic E-state index is 0.113. The van der Waals surface area contributed by atoms with Gasteiger partial charge < -0.3 is 24.0 Å². The maximum atomic E-state index is 13.1. The fraction of sp³-hybridized carbons (Fsp3) is 0.391. The summed E-state index contributed by atoms with van der Waals surface area (Å²) >= 11 is 0. The molecule has 1 fully saturated rings. The summed E-state index contributed by atoms with van der Waals surface area (Å²) in [5.74, 6) is 0.901. The smallest absolute Gasteiger partial charge is 0.265 e. The van der Waals surface area contributed by atoms with Gasteiger partial charge in [-0.15, -0.1) is 0 Å². The summed E-state index contributed by atoms with van der Waals surface area (Å²) in [6, 6.07) is 13.1. The van der Waals surface area contributed by atoms with Gasteiger partial charge in [-0.25, -0.2) is 0 Å². The number of rotatable bonds is 4. The highest BCUT2D eigenvalue weighted by molar-refractivity contribution is 5.98. The molecule has 0 saturated carbocycles. The van der Waals surface area contributed by atoms with Crippen LogP contribution in [0.15, 0.2) is 42.5 Å². The number of ether oxygens (including phenoxy) is 3. The topological polar surface area (TPSA) is 68.3 Å². The molecular formula is C23H26N2O5. The summed E-state index contributed by atoms with van der Waals surface area (Å²) in [7, 11) is 0. The molecule has 30 heavy (non-hydrogen) atoms. The third-order valence-corrected chi connectivity index (χ3v) is 5.42. The highest BCUT2D eigenvalue weighted by Crippen LogP contribution is 2.34. The number of hydrogen-bond donors (Lipinski definition) is 0. The summed E-state index contributed by atoms with van der Waals surface area (Å²) in [4.78, 5) is 29.4. The molecule has 2 amide bonds. The Bertz CT molecular complexity index is 919. The van der Waals surface area contributed by atoms with Gasteiger partial charge in [0.05, 0.1) is 25.4 Å². The molecule has 1 unspecified atom stereocenters. The molecule has 0 aliphatic carbocycles. The molecule has 2 aliphatic rings. The third-order valence-electron chi connectivity index (χ3n) is 5.42. The molecule has 7 heteroatoms. The van der Waals surface area contributed by atoms with Gasteiger partial charge in [0.1, 0.15) is 11.5 Å². The van der Waals surface area contributed by atoms with Crippen LogP contribution in [-0.2, 0) is 14.3 Å². The van der Waals surface area contributed by atoms with Crippen LogP contribution in [0.25, 0.3) is 0 Å². The number of para-hydroxylation sites is 3. The van der Waals surface area contributed by atoms with E-state index in [1.54, 1.807) is 15.9 Å². The van der Waals surface area contributed by atoms with Crippen molar-refractivity contribution in [3.05, 3.63) is 53.6 Å². The molecule has 2 aliphatic heterocycles. The number of anilines is 1. The summed E-state index contributed by atoms with van der Waals surface area (Å²) in [6.07, 6.45) is -0.748. The first-order valence-electron chi connectivity index (χ1n) is 10.2. The van der Waals surface area contributed by atoms with Gasteiger partial charge >= 0.3 is 0 Å². The Kier molecular flexibility index (Phi) is 5.90. The normalized spacial score (nSPS) is 18.4. The van der Waals surface area contributed by atoms with E-state index in [2.05, 4.69) is 0 Å². The SMILES string of the molecule is Cc1cccc(C)c1OCC(=O)N1CC(C(=O)N2CCOCC2)Oc2ccccc21. The average Bonchev–Trinajstić information content (AvgIpc) is 2.78. The second-order valence-electron chi connectivity index (χ2n) is 7.53. The first kappa shape index (κ1) is 20.2. The Labute approximate surface area is 176 Å². The lowest BCUT2D eigenvalue weighted by Gasteiger charge is -2.37. The molecule has 2 aromatic rings. The van der Waals surface area contributed by atoms with Gasteiger partial charge in [0, 0.05) is 13.1 Å². The monoisotopic (exact) mass is 410 g/mol. The number of morpholine rings is 1. The Hall–Kier alpha value is -3.06. The number of amides is 2. The Morgan fingerprint density at radius 2 is 1.73 bits per heavy atom. The second-order valence-corrected chi connectivity index (χ2v) is 7.53. The van der Waals surface area contributed by atoms with E-state index in [0.717, 1.165) is 11.1 Å². The second kappa shape index (κ2) is 8.75. The van der Waals surface area contributed by atoms with Crippen molar-refractivity contribution < 1.29 is 23.8 Å². The van der Waals surface area contributed by atoms with Crippen molar-refractivity contribution in [2.75, 3.05) is 44.4 Å². The van der Waals surface area contributed by atoms with E-state index >= 15 is 0 Å². The minimum Gasteiger partial charge on any atom is -0.483 e. The van der Waals surface area contributed by atoms with Crippen LogP contribution in [-0.4, -0.2) is 62.3 Å². The highest BCUT2D eigenvalue weighted by Gasteiger charge is 2.36. The first-order valence-corrected chi connectivity index (χ1v) is 10.2. The predicted octanol–water partition coefficient (Wildman–Crippen LogP) is 2.34. The van der Waals surface area contributed by atoms with E-state index < -0.39 is 6.10 Å². The fourth-order valence-corrected chi connectivity index (χ4v) is 3.83. The fourth-order valence-electron chi connectivity index (χ4n) is 3.83. The van der Waals surface area contributed by atoms with E-state index in [1.165, 1.54) is 0 Å². The van der Waals surface area contributed by atoms with Crippen molar-refractivity contribution in [1.82, 2.24) is 4.90 Å². The van der Waals surface area contributed by atoms with Crippen LogP contribution < -0.4 is 14.4 Å². The maximum absolute atomic E-state index is 13.1. The standard InChI is InChI=1S/C23H26N2O5/c1-16-6-5-7-17(2)22(16)29-15-21(26)25-14-20(23(27)24-10-12-28-13-11-24)30-19-9-4-3-8-18(19)25/h3-9,20H,10-15H2,1-2H3. The van der Waals surface area contributed by atoms with Gasteiger partial charge in [-0.2, -0.15) is 0 Å². The number of carbonyl (C=O) groups excluding carboxylic acids is 2. The quantitative estimate of drug-likeness (QED) is 0.774. The van der Waals surface area contributed by atoms with E-state index in [9.17, 15) is 9.59 Å². The van der Waals surface area contributed by atoms with Crippen LogP contribution >= 0.6 is 0 Å². The number of aryl methyl sites for hydroxylation is 2. The van der Waals surface area contributed by atoms with Gasteiger partial charge in [0.25, 0.3) is 11.8 Å². The van der Waals surface area contributed by atoms with Crippen LogP contribution in [0, 0.1) is 13.8 Å². The van der Waals surface area contributed by atoms with Crippen molar-refractivity contribution in [3.8, 4) is 11.5 Å². The molecule has 0 bridgehead atoms. The number of hydrogen-bond acceptors (Lipinski definition) is 5. The van der Waals surface area contributed by atoms with E-state index in [-0.39, 0.29) is 25.0 Å². The number of nitrogens with zero attached hydrogens (tertiary/aromatic N) is 2. The van der Waals surface area contributed by atoms with Gasteiger partial charge in [0.15, 0.2) is 12.7 Å². The maximum Gasteiger partial charge on any atom is 0.265 e. The third kappa shape index (κ3) is 4.11. The zero-order valence-electron chi connectivity index (χ0n) is 17.3. The van der Waals surface area contributed by atoms with Crippen molar-refractivity contribution >= 4 is 17.5 Å². The average molecular weight is 410 g/mol. The number of carbonyl (C=O) groups is 2. The minimum atomic E-state index is -0.748. The molecule has 4 rings (SSSR count). The number of fused-ring (bicyclic) bond motifs is 1. The van der Waals surface area contributed by atoms with Crippen molar-refractivity contribution in [1.29, 1.82) is 0 Å². The van der Waals surface area contributed by atoms with Gasteiger partial charge in [0.2, 0.25) is 0 Å². The zero-order valence-corrected chi connectivity index (χ0v) is 17.3. The van der Waals surface area contributed by atoms with Crippen molar-refractivity contribution in [3.63, 3.8) is 0 Å². The first-order chi connectivity index (χ1) is 14.5. The molecule has 0 radical (unpaired) electrons. The summed E-state index contributed by atoms with van der Waals surface area (Å²) in [5, 5.41) is 0. The predicted molar refractivity (Wildman–Crippen MR) is 112 cm³/mol. The van der Waals surface area contributed by atoms with Crippen LogP contribution in [0.4, 0.5) is 5.69 Å². The highest BCUT2D eigenvalue weighted by atomic mass is 16.5. The molecule has 0 aromatic heterocycles. The molecule has 158 valence electrons. The van der Waals surface area contributed by atoms with E-state index in [0.29, 0.717) is 43.5 Å². The van der Waals surface area contributed by atoms with Crippen LogP contribution in [0.1, 0.15) is 11.1 Å². The molecular weight excluding hydrogens is 384 g/mol. The van der Waals surface area contributed by atoms with E-state index in [4.69, 9.17) is 14.2 Å². The Balaban J connectivity index is 1.52. The molecule has 1 saturated heterocycles. The lowest BCUT2D eigenvalue weighted by atomic mass is 10.1. The van der Waals surface area contributed by atoms with Crippen LogP contribution in [0.3, 0.4) is 0 Å². The number of benzene rings is 2.